The van der Waals surface area contributed by atoms with Crippen LogP contribution in [0.25, 0.3) is 0 Å². The maximum Gasteiger partial charge on any atom is 0.224 e. The van der Waals surface area contributed by atoms with Crippen molar-refractivity contribution in [3.8, 4) is 0 Å². The van der Waals surface area contributed by atoms with Gasteiger partial charge in [-0.3, -0.25) is 4.79 Å². The van der Waals surface area contributed by atoms with E-state index in [9.17, 15) is 13.6 Å². The van der Waals surface area contributed by atoms with E-state index in [-0.39, 0.29) is 17.0 Å². The zero-order valence-electron chi connectivity index (χ0n) is 12.9. The Kier molecular flexibility index (Phi) is 6.27. The summed E-state index contributed by atoms with van der Waals surface area (Å²) in [4.78, 5) is 11.9. The van der Waals surface area contributed by atoms with E-state index in [1.165, 1.54) is 6.07 Å². The Morgan fingerprint density at radius 3 is 2.48 bits per heavy atom. The molecule has 1 aromatic carbocycles. The molecule has 1 amide bonds. The van der Waals surface area contributed by atoms with Crippen LogP contribution in [0.5, 0.6) is 0 Å². The van der Waals surface area contributed by atoms with Crippen LogP contribution in [0.3, 0.4) is 0 Å². The Morgan fingerprint density at radius 2 is 1.95 bits per heavy atom. The molecule has 21 heavy (non-hydrogen) atoms. The maximum atomic E-state index is 13.4. The van der Waals surface area contributed by atoms with Gasteiger partial charge in [0.2, 0.25) is 5.91 Å². The number of anilines is 1. The first-order valence-corrected chi connectivity index (χ1v) is 7.19. The summed E-state index contributed by atoms with van der Waals surface area (Å²) in [5.74, 6) is -1.38. The predicted octanol–water partition coefficient (Wildman–Crippen LogP) is 3.69. The largest absolute Gasteiger partial charge is 0.330 e. The highest BCUT2D eigenvalue weighted by Gasteiger charge is 2.24. The number of halogens is 2. The van der Waals surface area contributed by atoms with Crippen LogP contribution < -0.4 is 11.1 Å². The minimum absolute atomic E-state index is 0.00698. The van der Waals surface area contributed by atoms with E-state index in [1.54, 1.807) is 0 Å². The van der Waals surface area contributed by atoms with E-state index in [1.807, 2.05) is 0 Å². The molecule has 0 spiro atoms. The lowest BCUT2D eigenvalue weighted by atomic mass is 9.76. The summed E-state index contributed by atoms with van der Waals surface area (Å²) in [5.41, 5.74) is 5.68. The molecular weight excluding hydrogens is 274 g/mol. The lowest BCUT2D eigenvalue weighted by Gasteiger charge is -2.30. The van der Waals surface area contributed by atoms with Gasteiger partial charge in [0.1, 0.15) is 11.6 Å². The van der Waals surface area contributed by atoms with Crippen molar-refractivity contribution in [1.82, 2.24) is 0 Å². The second-order valence-electron chi connectivity index (χ2n) is 6.35. The first-order valence-electron chi connectivity index (χ1n) is 7.19. The standard InChI is InChI=1S/C16H24F2N2O/c1-16(2,3)11(8-9-19)4-7-15(21)20-14-6-5-12(17)10-13(14)18/h5-6,10-11H,4,7-9,19H2,1-3H3,(H,20,21). The number of hydrogen-bond acceptors (Lipinski definition) is 2. The minimum Gasteiger partial charge on any atom is -0.330 e. The summed E-state index contributed by atoms with van der Waals surface area (Å²) >= 11 is 0. The smallest absolute Gasteiger partial charge is 0.224 e. The number of nitrogens with two attached hydrogens (primary N) is 1. The van der Waals surface area contributed by atoms with Crippen molar-refractivity contribution in [2.24, 2.45) is 17.1 Å². The highest BCUT2D eigenvalue weighted by Crippen LogP contribution is 2.32. The lowest BCUT2D eigenvalue weighted by molar-refractivity contribution is -0.116. The molecule has 118 valence electrons. The molecule has 0 fully saturated rings. The number of carbonyl (C=O) groups is 1. The Bertz CT molecular complexity index is 484. The zero-order chi connectivity index (χ0) is 16.0. The first-order chi connectivity index (χ1) is 9.74. The summed E-state index contributed by atoms with van der Waals surface area (Å²) in [6.45, 7) is 6.93. The van der Waals surface area contributed by atoms with Crippen LogP contribution in [0.1, 0.15) is 40.0 Å². The number of carbonyl (C=O) groups excluding carboxylic acids is 1. The molecule has 0 heterocycles. The maximum absolute atomic E-state index is 13.4. The highest BCUT2D eigenvalue weighted by molar-refractivity contribution is 5.90. The molecule has 3 nitrogen and oxygen atoms in total. The van der Waals surface area contributed by atoms with Gasteiger partial charge in [-0.25, -0.2) is 8.78 Å². The molecule has 1 unspecified atom stereocenters. The average Bonchev–Trinajstić information content (AvgIpc) is 2.36. The lowest BCUT2D eigenvalue weighted by Crippen LogP contribution is -2.25. The van der Waals surface area contributed by atoms with Crippen molar-refractivity contribution in [2.75, 3.05) is 11.9 Å². The Labute approximate surface area is 124 Å². The Hall–Kier alpha value is -1.49. The summed E-state index contributed by atoms with van der Waals surface area (Å²) in [6, 6.07) is 3.09. The van der Waals surface area contributed by atoms with Crippen LogP contribution in [-0.2, 0) is 4.79 Å². The Balaban J connectivity index is 2.57. The fraction of sp³-hybridized carbons (Fsp3) is 0.562. The molecular formula is C16H24F2N2O. The summed E-state index contributed by atoms with van der Waals surface area (Å²) in [7, 11) is 0. The predicted molar refractivity (Wildman–Crippen MR) is 80.8 cm³/mol. The van der Waals surface area contributed by atoms with Crippen molar-refractivity contribution >= 4 is 11.6 Å². The second kappa shape index (κ2) is 7.50. The van der Waals surface area contributed by atoms with Gasteiger partial charge in [-0.2, -0.15) is 0 Å². The van der Waals surface area contributed by atoms with Crippen molar-refractivity contribution in [3.63, 3.8) is 0 Å². The molecule has 1 aromatic rings. The molecule has 0 aliphatic heterocycles. The van der Waals surface area contributed by atoms with E-state index in [0.717, 1.165) is 18.6 Å². The van der Waals surface area contributed by atoms with Gasteiger partial charge in [0.05, 0.1) is 5.69 Å². The van der Waals surface area contributed by atoms with Crippen molar-refractivity contribution in [3.05, 3.63) is 29.8 Å². The van der Waals surface area contributed by atoms with Gasteiger partial charge in [-0.15, -0.1) is 0 Å². The van der Waals surface area contributed by atoms with Crippen LogP contribution in [0.15, 0.2) is 18.2 Å². The van der Waals surface area contributed by atoms with Crippen LogP contribution in [0.4, 0.5) is 14.5 Å². The van der Waals surface area contributed by atoms with Gasteiger partial charge in [-0.05, 0) is 42.9 Å². The van der Waals surface area contributed by atoms with Gasteiger partial charge in [0.25, 0.3) is 0 Å². The van der Waals surface area contributed by atoms with Crippen molar-refractivity contribution < 1.29 is 13.6 Å². The third-order valence-electron chi connectivity index (χ3n) is 3.66. The highest BCUT2D eigenvalue weighted by atomic mass is 19.1. The number of benzene rings is 1. The molecule has 1 atom stereocenters. The van der Waals surface area contributed by atoms with E-state index in [4.69, 9.17) is 5.73 Å². The normalized spacial score (nSPS) is 13.0. The summed E-state index contributed by atoms with van der Waals surface area (Å²) in [5, 5.41) is 2.47. The van der Waals surface area contributed by atoms with Gasteiger partial charge in [-0.1, -0.05) is 20.8 Å². The van der Waals surface area contributed by atoms with Gasteiger partial charge >= 0.3 is 0 Å². The number of rotatable bonds is 6. The summed E-state index contributed by atoms with van der Waals surface area (Å²) < 4.78 is 26.2. The van der Waals surface area contributed by atoms with Crippen LogP contribution >= 0.6 is 0 Å². The molecule has 3 N–H and O–H groups in total. The number of nitrogens with one attached hydrogen (secondary N) is 1. The molecule has 0 saturated heterocycles. The fourth-order valence-electron chi connectivity index (χ4n) is 2.32. The molecule has 5 heteroatoms. The Morgan fingerprint density at radius 1 is 1.29 bits per heavy atom. The van der Waals surface area contributed by atoms with E-state index in [0.29, 0.717) is 25.3 Å². The fourth-order valence-corrected chi connectivity index (χ4v) is 2.32. The number of amides is 1. The summed E-state index contributed by atoms with van der Waals surface area (Å²) in [6.07, 6.45) is 1.83. The molecule has 0 aromatic heterocycles. The molecule has 0 saturated carbocycles. The van der Waals surface area contributed by atoms with Gasteiger partial charge in [0.15, 0.2) is 0 Å². The van der Waals surface area contributed by atoms with Crippen LogP contribution in [-0.4, -0.2) is 12.5 Å². The third-order valence-corrected chi connectivity index (χ3v) is 3.66. The topological polar surface area (TPSA) is 55.1 Å². The molecule has 0 bridgehead atoms. The van der Waals surface area contributed by atoms with Crippen molar-refractivity contribution in [2.45, 2.75) is 40.0 Å². The van der Waals surface area contributed by atoms with Gasteiger partial charge < -0.3 is 11.1 Å². The zero-order valence-corrected chi connectivity index (χ0v) is 12.9. The first kappa shape index (κ1) is 17.6. The molecule has 1 rings (SSSR count). The van der Waals surface area contributed by atoms with Crippen LogP contribution in [0.2, 0.25) is 0 Å². The van der Waals surface area contributed by atoms with E-state index >= 15 is 0 Å². The SMILES string of the molecule is CC(C)(C)C(CCN)CCC(=O)Nc1ccc(F)cc1F. The van der Waals surface area contributed by atoms with Crippen LogP contribution in [0, 0.1) is 23.0 Å². The minimum atomic E-state index is -0.766. The monoisotopic (exact) mass is 298 g/mol. The van der Waals surface area contributed by atoms with Crippen molar-refractivity contribution in [1.29, 1.82) is 0 Å². The second-order valence-corrected chi connectivity index (χ2v) is 6.35. The molecule has 0 aliphatic carbocycles. The third kappa shape index (κ3) is 5.79. The number of hydrogen-bond donors (Lipinski definition) is 2. The average molecular weight is 298 g/mol. The molecule has 0 radical (unpaired) electrons. The molecule has 0 aliphatic rings. The van der Waals surface area contributed by atoms with E-state index in [2.05, 4.69) is 26.1 Å². The quantitative estimate of drug-likeness (QED) is 0.841. The van der Waals surface area contributed by atoms with E-state index < -0.39 is 11.6 Å². The van der Waals surface area contributed by atoms with Gasteiger partial charge in [0, 0.05) is 12.5 Å².